The third-order valence-electron chi connectivity index (χ3n) is 7.20. The average molecular weight is 554 g/mol. The number of imide groups is 1. The van der Waals surface area contributed by atoms with Crippen molar-refractivity contribution in [3.05, 3.63) is 88.9 Å². The van der Waals surface area contributed by atoms with Gasteiger partial charge in [-0.25, -0.2) is 28.1 Å². The molecule has 2 aromatic rings. The largest absolute Gasteiger partial charge is 0.466 e. The Morgan fingerprint density at radius 1 is 1.18 bits per heavy atom. The highest BCUT2D eigenvalue weighted by molar-refractivity contribution is 6.01. The van der Waals surface area contributed by atoms with Gasteiger partial charge in [0.25, 0.3) is 0 Å². The van der Waals surface area contributed by atoms with Crippen molar-refractivity contribution in [3.8, 4) is 0 Å². The number of carbonyl (C=O) groups excluding carboxylic acids is 3. The van der Waals surface area contributed by atoms with Gasteiger partial charge in [-0.05, 0) is 67.8 Å². The molecule has 2 aliphatic rings. The number of pyridine rings is 1. The lowest BCUT2D eigenvalue weighted by Gasteiger charge is -2.37. The predicted octanol–water partition coefficient (Wildman–Crippen LogP) is 4.41. The molecule has 40 heavy (non-hydrogen) atoms. The minimum atomic E-state index is -1.33. The second-order valence-electron chi connectivity index (χ2n) is 9.83. The fraction of sp³-hybridized carbons (Fsp3) is 0.379. The number of esters is 1. The predicted molar refractivity (Wildman–Crippen MR) is 144 cm³/mol. The van der Waals surface area contributed by atoms with Gasteiger partial charge in [0.1, 0.15) is 6.04 Å². The van der Waals surface area contributed by atoms with Crippen LogP contribution in [0.3, 0.4) is 0 Å². The van der Waals surface area contributed by atoms with Crippen molar-refractivity contribution in [3.63, 3.8) is 0 Å². The van der Waals surface area contributed by atoms with E-state index in [9.17, 15) is 23.2 Å². The summed E-state index contributed by atoms with van der Waals surface area (Å²) in [6.07, 6.45) is 3.96. The van der Waals surface area contributed by atoms with E-state index in [2.05, 4.69) is 27.1 Å². The van der Waals surface area contributed by atoms with Crippen LogP contribution in [-0.4, -0.2) is 66.1 Å². The summed E-state index contributed by atoms with van der Waals surface area (Å²) in [5.74, 6) is -2.67. The summed E-state index contributed by atoms with van der Waals surface area (Å²) < 4.78 is 32.8. The maximum Gasteiger partial charge on any atom is 0.338 e. The Morgan fingerprint density at radius 3 is 2.55 bits per heavy atom. The fourth-order valence-corrected chi connectivity index (χ4v) is 5.16. The SMILES string of the molecule is C=C(CNC(=O)N1C(=O)NC(CC)=C(C(=O)OC)C1c1ccc(F)c(F)c1)CN1CCC(c2ccccn2)CC1. The van der Waals surface area contributed by atoms with Gasteiger partial charge in [-0.15, -0.1) is 0 Å². The number of halogens is 2. The van der Waals surface area contributed by atoms with Crippen LogP contribution in [0.4, 0.5) is 18.4 Å². The topological polar surface area (TPSA) is 104 Å². The molecule has 1 atom stereocenters. The number of carbonyl (C=O) groups is 3. The van der Waals surface area contributed by atoms with Crippen molar-refractivity contribution in [1.29, 1.82) is 0 Å². The summed E-state index contributed by atoms with van der Waals surface area (Å²) in [6.45, 7) is 8.13. The maximum atomic E-state index is 14.2. The minimum absolute atomic E-state index is 0.0413. The molecule has 0 aliphatic carbocycles. The highest BCUT2D eigenvalue weighted by atomic mass is 19.2. The van der Waals surface area contributed by atoms with E-state index in [0.717, 1.165) is 61.3 Å². The number of amides is 4. The monoisotopic (exact) mass is 553 g/mol. The maximum absolute atomic E-state index is 14.2. The molecular formula is C29H33F2N5O4. The number of methoxy groups -OCH3 is 1. The molecule has 1 aromatic heterocycles. The Labute approximate surface area is 231 Å². The number of urea groups is 2. The summed E-state index contributed by atoms with van der Waals surface area (Å²) in [6, 6.07) is 5.96. The van der Waals surface area contributed by atoms with Gasteiger partial charge in [0.2, 0.25) is 0 Å². The molecule has 0 saturated carbocycles. The number of benzene rings is 1. The van der Waals surface area contributed by atoms with Gasteiger partial charge < -0.3 is 15.4 Å². The van der Waals surface area contributed by atoms with Crippen LogP contribution >= 0.6 is 0 Å². The van der Waals surface area contributed by atoms with Gasteiger partial charge >= 0.3 is 18.0 Å². The van der Waals surface area contributed by atoms with Crippen LogP contribution in [0.1, 0.15) is 49.4 Å². The van der Waals surface area contributed by atoms with E-state index < -0.39 is 35.7 Å². The number of rotatable bonds is 8. The third kappa shape index (κ3) is 6.36. The van der Waals surface area contributed by atoms with E-state index in [1.807, 2.05) is 18.2 Å². The number of allylic oxidation sites excluding steroid dienone is 1. The number of hydrogen-bond acceptors (Lipinski definition) is 6. The fourth-order valence-electron chi connectivity index (χ4n) is 5.16. The van der Waals surface area contributed by atoms with Gasteiger partial charge in [0, 0.05) is 36.6 Å². The molecule has 0 radical (unpaired) electrons. The second kappa shape index (κ2) is 12.8. The molecule has 1 aromatic carbocycles. The zero-order valence-electron chi connectivity index (χ0n) is 22.6. The van der Waals surface area contributed by atoms with E-state index in [0.29, 0.717) is 12.5 Å². The first-order valence-corrected chi connectivity index (χ1v) is 13.2. The molecule has 0 spiro atoms. The minimum Gasteiger partial charge on any atom is -0.466 e. The standard InChI is InChI=1S/C29H33F2N5O4/c1-4-23-25(27(37)40-3)26(20-8-9-21(30)22(31)15-20)36(29(39)34-23)28(38)33-16-18(2)17-35-13-10-19(11-14-35)24-7-5-6-12-32-24/h5-9,12,15,19,26H,2,4,10-11,13-14,16-17H2,1,3H3,(H,33,38)(H,34,39). The number of hydrogen-bond donors (Lipinski definition) is 2. The smallest absolute Gasteiger partial charge is 0.338 e. The molecule has 212 valence electrons. The summed E-state index contributed by atoms with van der Waals surface area (Å²) in [5.41, 5.74) is 2.05. The molecular weight excluding hydrogens is 520 g/mol. The van der Waals surface area contributed by atoms with Gasteiger partial charge in [-0.3, -0.25) is 9.88 Å². The van der Waals surface area contributed by atoms with E-state index in [-0.39, 0.29) is 29.8 Å². The lowest BCUT2D eigenvalue weighted by atomic mass is 9.92. The van der Waals surface area contributed by atoms with Gasteiger partial charge in [-0.2, -0.15) is 0 Å². The Kier molecular flexibility index (Phi) is 9.26. The van der Waals surface area contributed by atoms with Crippen LogP contribution in [0.2, 0.25) is 0 Å². The number of aromatic nitrogens is 1. The molecule has 3 heterocycles. The first-order valence-electron chi connectivity index (χ1n) is 13.2. The Hall–Kier alpha value is -4.12. The highest BCUT2D eigenvalue weighted by Gasteiger charge is 2.42. The number of nitrogens with zero attached hydrogens (tertiary/aromatic N) is 3. The number of ether oxygens (including phenoxy) is 1. The molecule has 2 N–H and O–H groups in total. The number of piperidine rings is 1. The van der Waals surface area contributed by atoms with Crippen molar-refractivity contribution >= 4 is 18.0 Å². The van der Waals surface area contributed by atoms with Gasteiger partial charge in [0.05, 0.1) is 12.7 Å². The molecule has 4 rings (SSSR count). The van der Waals surface area contributed by atoms with Crippen LogP contribution in [-0.2, 0) is 9.53 Å². The Bertz CT molecular complexity index is 1310. The lowest BCUT2D eigenvalue weighted by molar-refractivity contribution is -0.136. The molecule has 0 bridgehead atoms. The molecule has 2 aliphatic heterocycles. The summed E-state index contributed by atoms with van der Waals surface area (Å²) >= 11 is 0. The van der Waals surface area contributed by atoms with Crippen molar-refractivity contribution in [2.24, 2.45) is 0 Å². The van der Waals surface area contributed by atoms with Crippen molar-refractivity contribution in [2.75, 3.05) is 33.3 Å². The van der Waals surface area contributed by atoms with E-state index >= 15 is 0 Å². The zero-order valence-corrected chi connectivity index (χ0v) is 22.6. The van der Waals surface area contributed by atoms with E-state index in [1.54, 1.807) is 13.1 Å². The van der Waals surface area contributed by atoms with Crippen molar-refractivity contribution in [1.82, 2.24) is 25.4 Å². The molecule has 11 heteroatoms. The first-order chi connectivity index (χ1) is 19.2. The molecule has 4 amide bonds. The van der Waals surface area contributed by atoms with Crippen LogP contribution in [0, 0.1) is 11.6 Å². The molecule has 1 unspecified atom stereocenters. The first kappa shape index (κ1) is 28.9. The summed E-state index contributed by atoms with van der Waals surface area (Å²) in [5, 5.41) is 5.25. The zero-order chi connectivity index (χ0) is 28.8. The molecule has 1 saturated heterocycles. The number of likely N-dealkylation sites (tertiary alicyclic amines) is 1. The van der Waals surface area contributed by atoms with Crippen molar-refractivity contribution < 1.29 is 27.9 Å². The van der Waals surface area contributed by atoms with E-state index in [4.69, 9.17) is 4.74 Å². The van der Waals surface area contributed by atoms with Gasteiger partial charge in [-0.1, -0.05) is 25.6 Å². The normalized spacial score (nSPS) is 18.4. The van der Waals surface area contributed by atoms with Crippen LogP contribution in [0.15, 0.2) is 66.0 Å². The second-order valence-corrected chi connectivity index (χ2v) is 9.83. The van der Waals surface area contributed by atoms with Crippen LogP contribution in [0.5, 0.6) is 0 Å². The molecule has 9 nitrogen and oxygen atoms in total. The summed E-state index contributed by atoms with van der Waals surface area (Å²) in [4.78, 5) is 46.7. The molecule has 1 fully saturated rings. The van der Waals surface area contributed by atoms with Crippen molar-refractivity contribution in [2.45, 2.75) is 38.1 Å². The quantitative estimate of drug-likeness (QED) is 0.371. The van der Waals surface area contributed by atoms with E-state index in [1.165, 1.54) is 6.07 Å². The summed E-state index contributed by atoms with van der Waals surface area (Å²) in [7, 11) is 1.16. The van der Waals surface area contributed by atoms with Crippen LogP contribution in [0.25, 0.3) is 0 Å². The van der Waals surface area contributed by atoms with Crippen LogP contribution < -0.4 is 10.6 Å². The number of nitrogens with one attached hydrogen (secondary N) is 2. The Balaban J connectivity index is 1.45. The Morgan fingerprint density at radius 2 is 1.93 bits per heavy atom. The third-order valence-corrected chi connectivity index (χ3v) is 7.20. The lowest BCUT2D eigenvalue weighted by Crippen LogP contribution is -2.55. The average Bonchev–Trinajstić information content (AvgIpc) is 2.97. The highest BCUT2D eigenvalue weighted by Crippen LogP contribution is 2.36. The van der Waals surface area contributed by atoms with Gasteiger partial charge in [0.15, 0.2) is 11.6 Å².